The van der Waals surface area contributed by atoms with Crippen LogP contribution in [0.25, 0.3) is 0 Å². The van der Waals surface area contributed by atoms with E-state index in [1.54, 1.807) is 7.11 Å². The fraction of sp³-hybridized carbons (Fsp3) is 0.500. The van der Waals surface area contributed by atoms with Crippen molar-refractivity contribution in [3.8, 4) is 11.5 Å². The number of halogens is 1. The maximum Gasteiger partial charge on any atom is 0.228 e. The molecule has 0 spiro atoms. The van der Waals surface area contributed by atoms with Crippen LogP contribution in [0.15, 0.2) is 36.4 Å². The molecule has 0 radical (unpaired) electrons. The van der Waals surface area contributed by atoms with Crippen molar-refractivity contribution in [3.63, 3.8) is 0 Å². The lowest BCUT2D eigenvalue weighted by Gasteiger charge is -2.45. The average molecular weight is 458 g/mol. The van der Waals surface area contributed by atoms with Gasteiger partial charge in [0, 0.05) is 17.7 Å². The third kappa shape index (κ3) is 4.60. The van der Waals surface area contributed by atoms with E-state index in [0.29, 0.717) is 28.9 Å². The number of amides is 1. The first-order valence-corrected chi connectivity index (χ1v) is 11.8. The molecule has 1 aliphatic heterocycles. The van der Waals surface area contributed by atoms with Crippen molar-refractivity contribution in [2.24, 2.45) is 5.92 Å². The minimum absolute atomic E-state index is 0.00557. The minimum Gasteiger partial charge on any atom is -0.493 e. The molecule has 1 N–H and O–H groups in total. The highest BCUT2D eigenvalue weighted by Crippen LogP contribution is 2.44. The van der Waals surface area contributed by atoms with Crippen LogP contribution in [0.2, 0.25) is 5.02 Å². The molecule has 1 unspecified atom stereocenters. The molecule has 32 heavy (non-hydrogen) atoms. The summed E-state index contributed by atoms with van der Waals surface area (Å²) >= 11 is 6.18. The quantitative estimate of drug-likeness (QED) is 0.650. The van der Waals surface area contributed by atoms with Gasteiger partial charge in [0.25, 0.3) is 0 Å². The summed E-state index contributed by atoms with van der Waals surface area (Å²) in [7, 11) is 1.63. The van der Waals surface area contributed by atoms with Gasteiger partial charge < -0.3 is 19.5 Å². The number of hydrogen-bond acceptors (Lipinski definition) is 4. The molecule has 0 saturated heterocycles. The van der Waals surface area contributed by atoms with Crippen molar-refractivity contribution in [3.05, 3.63) is 58.1 Å². The zero-order valence-electron chi connectivity index (χ0n) is 19.0. The van der Waals surface area contributed by atoms with Crippen LogP contribution in [0.3, 0.4) is 0 Å². The van der Waals surface area contributed by atoms with Crippen molar-refractivity contribution in [2.75, 3.05) is 13.7 Å². The van der Waals surface area contributed by atoms with E-state index in [1.165, 1.54) is 0 Å². The van der Waals surface area contributed by atoms with Crippen LogP contribution >= 0.6 is 11.6 Å². The minimum atomic E-state index is -0.209. The van der Waals surface area contributed by atoms with E-state index in [1.807, 2.05) is 50.2 Å². The van der Waals surface area contributed by atoms with E-state index in [-0.39, 0.29) is 30.7 Å². The van der Waals surface area contributed by atoms with Gasteiger partial charge in [0.15, 0.2) is 11.5 Å². The maximum absolute atomic E-state index is 13.5. The second kappa shape index (κ2) is 9.72. The highest BCUT2D eigenvalue weighted by Gasteiger charge is 2.40. The number of ether oxygens (including phenoxy) is 2. The van der Waals surface area contributed by atoms with Crippen LogP contribution in [-0.2, 0) is 11.2 Å². The summed E-state index contributed by atoms with van der Waals surface area (Å²) in [5.74, 6) is 1.81. The van der Waals surface area contributed by atoms with Crippen LogP contribution in [0.5, 0.6) is 11.5 Å². The number of carbonyl (C=O) groups excluding carboxylic acids is 1. The third-order valence-electron chi connectivity index (χ3n) is 6.64. The summed E-state index contributed by atoms with van der Waals surface area (Å²) in [6.07, 6.45) is 4.04. The molecule has 0 aromatic heterocycles. The van der Waals surface area contributed by atoms with Gasteiger partial charge >= 0.3 is 0 Å². The number of rotatable bonds is 6. The third-order valence-corrected chi connectivity index (χ3v) is 6.90. The smallest absolute Gasteiger partial charge is 0.228 e. The Balaban J connectivity index is 1.80. The number of nitrogens with zero attached hydrogens (tertiary/aromatic N) is 1. The molecule has 0 bridgehead atoms. The molecule has 2 aromatic rings. The van der Waals surface area contributed by atoms with Gasteiger partial charge in [-0.3, -0.25) is 4.79 Å². The van der Waals surface area contributed by atoms with Gasteiger partial charge in [-0.05, 0) is 86.4 Å². The number of fused-ring (bicyclic) bond motifs is 1. The molecule has 1 atom stereocenters. The molecule has 1 saturated carbocycles. The molecule has 1 fully saturated rings. The summed E-state index contributed by atoms with van der Waals surface area (Å²) in [6.45, 7) is 4.20. The Kier molecular flexibility index (Phi) is 6.96. The molecular formula is C26H32ClNO4. The Morgan fingerprint density at radius 1 is 1.09 bits per heavy atom. The second-order valence-corrected chi connectivity index (χ2v) is 9.59. The molecule has 2 aromatic carbocycles. The lowest BCUT2D eigenvalue weighted by Crippen LogP contribution is -2.48. The summed E-state index contributed by atoms with van der Waals surface area (Å²) in [6, 6.07) is 11.7. The molecule has 5 nitrogen and oxygen atoms in total. The highest BCUT2D eigenvalue weighted by atomic mass is 35.5. The number of aliphatic hydroxyl groups is 1. The number of benzene rings is 2. The average Bonchev–Trinajstić information content (AvgIpc) is 2.78. The van der Waals surface area contributed by atoms with Crippen molar-refractivity contribution >= 4 is 17.5 Å². The van der Waals surface area contributed by atoms with Gasteiger partial charge in [-0.25, -0.2) is 0 Å². The largest absolute Gasteiger partial charge is 0.493 e. The number of aliphatic hydroxyl groups excluding tert-OH is 1. The molecule has 172 valence electrons. The van der Waals surface area contributed by atoms with Gasteiger partial charge in [-0.15, -0.1) is 0 Å². The van der Waals surface area contributed by atoms with Crippen molar-refractivity contribution in [1.29, 1.82) is 0 Å². The van der Waals surface area contributed by atoms with Gasteiger partial charge in [0.1, 0.15) is 0 Å². The van der Waals surface area contributed by atoms with Crippen LogP contribution in [0, 0.1) is 5.92 Å². The number of hydrogen-bond donors (Lipinski definition) is 1. The molecule has 2 aliphatic rings. The summed E-state index contributed by atoms with van der Waals surface area (Å²) in [5, 5.41) is 10.2. The van der Waals surface area contributed by atoms with Gasteiger partial charge in [-0.1, -0.05) is 23.7 Å². The SMILES string of the molecule is COc1cc2c(cc1OC(C)C)C(c1ccc(Cl)cc1)N([C@H]1CC[C@H](CO)CC1)C(=O)C2. The molecule has 6 heteroatoms. The monoisotopic (exact) mass is 457 g/mol. The van der Waals surface area contributed by atoms with Gasteiger partial charge in [0.2, 0.25) is 5.91 Å². The zero-order valence-corrected chi connectivity index (χ0v) is 19.8. The first kappa shape index (κ1) is 22.9. The topological polar surface area (TPSA) is 59.0 Å². The molecule has 1 amide bonds. The van der Waals surface area contributed by atoms with Crippen LogP contribution < -0.4 is 9.47 Å². The summed E-state index contributed by atoms with van der Waals surface area (Å²) in [4.78, 5) is 15.6. The summed E-state index contributed by atoms with van der Waals surface area (Å²) < 4.78 is 11.6. The van der Waals surface area contributed by atoms with Crippen LogP contribution in [0.1, 0.15) is 62.3 Å². The Bertz CT molecular complexity index is 951. The van der Waals surface area contributed by atoms with E-state index in [9.17, 15) is 9.90 Å². The van der Waals surface area contributed by atoms with Crippen molar-refractivity contribution < 1.29 is 19.4 Å². The van der Waals surface area contributed by atoms with Crippen molar-refractivity contribution in [2.45, 2.75) is 64.1 Å². The van der Waals surface area contributed by atoms with Gasteiger partial charge in [-0.2, -0.15) is 0 Å². The maximum atomic E-state index is 13.5. The Hall–Kier alpha value is -2.24. The normalized spacial score (nSPS) is 23.2. The molecular weight excluding hydrogens is 426 g/mol. The highest BCUT2D eigenvalue weighted by molar-refractivity contribution is 6.30. The lowest BCUT2D eigenvalue weighted by molar-refractivity contribution is -0.137. The molecule has 1 heterocycles. The fourth-order valence-electron chi connectivity index (χ4n) is 5.08. The van der Waals surface area contributed by atoms with E-state index in [0.717, 1.165) is 42.4 Å². The molecule has 1 aliphatic carbocycles. The Morgan fingerprint density at radius 2 is 1.78 bits per heavy atom. The Labute approximate surface area is 195 Å². The second-order valence-electron chi connectivity index (χ2n) is 9.16. The van der Waals surface area contributed by atoms with Gasteiger partial charge in [0.05, 0.1) is 25.7 Å². The lowest BCUT2D eigenvalue weighted by atomic mass is 9.81. The van der Waals surface area contributed by atoms with E-state index in [4.69, 9.17) is 21.1 Å². The fourth-order valence-corrected chi connectivity index (χ4v) is 5.21. The predicted octanol–water partition coefficient (Wildman–Crippen LogP) is 5.16. The first-order chi connectivity index (χ1) is 15.4. The van der Waals surface area contributed by atoms with Crippen LogP contribution in [0.4, 0.5) is 0 Å². The van der Waals surface area contributed by atoms with E-state index >= 15 is 0 Å². The number of carbonyl (C=O) groups is 1. The van der Waals surface area contributed by atoms with Crippen molar-refractivity contribution in [1.82, 2.24) is 4.90 Å². The van der Waals surface area contributed by atoms with E-state index < -0.39 is 0 Å². The molecule has 4 rings (SSSR count). The first-order valence-electron chi connectivity index (χ1n) is 11.5. The standard InChI is InChI=1S/C26H32ClNO4/c1-16(2)32-24-14-22-19(12-23(24)31-3)13-25(30)28(21-10-4-17(15-29)5-11-21)26(22)18-6-8-20(27)9-7-18/h6-9,12,14,16-17,21,26,29H,4-5,10-11,13,15H2,1-3H3/t17-,21-,26?. The Morgan fingerprint density at radius 3 is 2.38 bits per heavy atom. The van der Waals surface area contributed by atoms with Crippen LogP contribution in [-0.4, -0.2) is 41.8 Å². The van der Waals surface area contributed by atoms with E-state index in [2.05, 4.69) is 4.90 Å². The predicted molar refractivity (Wildman–Crippen MR) is 125 cm³/mol. The number of methoxy groups -OCH3 is 1. The summed E-state index contributed by atoms with van der Waals surface area (Å²) in [5.41, 5.74) is 3.09. The zero-order chi connectivity index (χ0) is 22.8.